The molecule has 1 fully saturated rings. The summed E-state index contributed by atoms with van der Waals surface area (Å²) in [7, 11) is 0. The summed E-state index contributed by atoms with van der Waals surface area (Å²) in [5, 5.41) is 13.1. The van der Waals surface area contributed by atoms with E-state index >= 15 is 0 Å². The molecular weight excluding hydrogens is 293 g/mol. The number of benzene rings is 1. The van der Waals surface area contributed by atoms with Crippen molar-refractivity contribution in [3.05, 3.63) is 29.6 Å². The standard InChI is InChI=1S/C12H11F3N2O4/c13-6-3-7(14)9(15)8(4-6)16-11(20)17-12(10(18)19)1-2-21-5-12/h3-4H,1-2,5H2,(H,18,19)(H2,16,17,20). The first-order valence-electron chi connectivity index (χ1n) is 5.89. The molecule has 1 atom stereocenters. The third kappa shape index (κ3) is 3.07. The number of anilines is 1. The van der Waals surface area contributed by atoms with Crippen LogP contribution in [0.25, 0.3) is 0 Å². The summed E-state index contributed by atoms with van der Waals surface area (Å²) in [6, 6.07) is -0.203. The van der Waals surface area contributed by atoms with Gasteiger partial charge >= 0.3 is 12.0 Å². The average Bonchev–Trinajstić information content (AvgIpc) is 2.85. The fraction of sp³-hybridized carbons (Fsp3) is 0.333. The first kappa shape index (κ1) is 15.1. The van der Waals surface area contributed by atoms with Gasteiger partial charge in [-0.05, 0) is 0 Å². The van der Waals surface area contributed by atoms with Crippen molar-refractivity contribution in [1.82, 2.24) is 5.32 Å². The third-order valence-electron chi connectivity index (χ3n) is 3.03. The highest BCUT2D eigenvalue weighted by molar-refractivity contribution is 5.94. The van der Waals surface area contributed by atoms with E-state index in [1.807, 2.05) is 5.32 Å². The van der Waals surface area contributed by atoms with Crippen molar-refractivity contribution in [3.8, 4) is 0 Å². The third-order valence-corrected chi connectivity index (χ3v) is 3.03. The molecular formula is C12H11F3N2O4. The van der Waals surface area contributed by atoms with Gasteiger partial charge in [0.15, 0.2) is 17.2 Å². The second kappa shape index (κ2) is 5.60. The number of aliphatic carboxylic acids is 1. The van der Waals surface area contributed by atoms with E-state index in [2.05, 4.69) is 5.32 Å². The van der Waals surface area contributed by atoms with Gasteiger partial charge in [0.1, 0.15) is 5.82 Å². The molecule has 0 aromatic heterocycles. The number of hydrogen-bond donors (Lipinski definition) is 3. The number of halogens is 3. The van der Waals surface area contributed by atoms with Gasteiger partial charge in [-0.1, -0.05) is 0 Å². The summed E-state index contributed by atoms with van der Waals surface area (Å²) in [6.07, 6.45) is 0.0236. The van der Waals surface area contributed by atoms with Crippen LogP contribution in [0.4, 0.5) is 23.7 Å². The minimum atomic E-state index is -1.65. The molecule has 1 heterocycles. The van der Waals surface area contributed by atoms with Crippen molar-refractivity contribution in [2.75, 3.05) is 18.5 Å². The zero-order valence-corrected chi connectivity index (χ0v) is 10.6. The van der Waals surface area contributed by atoms with Gasteiger partial charge in [0.2, 0.25) is 0 Å². The molecule has 2 rings (SSSR count). The smallest absolute Gasteiger partial charge is 0.332 e. The molecule has 1 aromatic rings. The number of urea groups is 1. The first-order valence-corrected chi connectivity index (χ1v) is 5.89. The van der Waals surface area contributed by atoms with Gasteiger partial charge < -0.3 is 20.5 Å². The molecule has 6 nitrogen and oxygen atoms in total. The van der Waals surface area contributed by atoms with Crippen molar-refractivity contribution < 1.29 is 32.6 Å². The first-order chi connectivity index (χ1) is 9.84. The molecule has 1 saturated heterocycles. The summed E-state index contributed by atoms with van der Waals surface area (Å²) in [6.45, 7) is -0.120. The monoisotopic (exact) mass is 304 g/mol. The van der Waals surface area contributed by atoms with E-state index < -0.39 is 40.7 Å². The second-order valence-electron chi connectivity index (χ2n) is 4.52. The Balaban J connectivity index is 2.13. The minimum Gasteiger partial charge on any atom is -0.479 e. The molecule has 3 N–H and O–H groups in total. The van der Waals surface area contributed by atoms with Gasteiger partial charge in [0.05, 0.1) is 12.3 Å². The van der Waals surface area contributed by atoms with Crippen LogP contribution in [0, 0.1) is 17.5 Å². The predicted molar refractivity (Wildman–Crippen MR) is 64.3 cm³/mol. The molecule has 0 spiro atoms. The molecule has 1 aliphatic rings. The molecule has 114 valence electrons. The lowest BCUT2D eigenvalue weighted by Gasteiger charge is -2.23. The summed E-state index contributed by atoms with van der Waals surface area (Å²) in [5.74, 6) is -5.32. The maximum absolute atomic E-state index is 13.4. The van der Waals surface area contributed by atoms with E-state index in [1.165, 1.54) is 0 Å². The van der Waals surface area contributed by atoms with Crippen LogP contribution in [0.15, 0.2) is 12.1 Å². The van der Waals surface area contributed by atoms with E-state index in [9.17, 15) is 22.8 Å². The summed E-state index contributed by atoms with van der Waals surface area (Å²) in [4.78, 5) is 22.9. The van der Waals surface area contributed by atoms with Crippen LogP contribution in [-0.2, 0) is 9.53 Å². The van der Waals surface area contributed by atoms with Crippen molar-refractivity contribution in [1.29, 1.82) is 0 Å². The maximum Gasteiger partial charge on any atom is 0.332 e. The van der Waals surface area contributed by atoms with Gasteiger partial charge in [-0.3, -0.25) is 0 Å². The summed E-state index contributed by atoms with van der Waals surface area (Å²) >= 11 is 0. The Labute approximate surface area is 116 Å². The number of hydrogen-bond acceptors (Lipinski definition) is 3. The highest BCUT2D eigenvalue weighted by atomic mass is 19.2. The number of carboxylic acids is 1. The van der Waals surface area contributed by atoms with Crippen LogP contribution in [0.5, 0.6) is 0 Å². The van der Waals surface area contributed by atoms with Crippen LogP contribution in [0.1, 0.15) is 6.42 Å². The van der Waals surface area contributed by atoms with Crippen LogP contribution in [0.2, 0.25) is 0 Å². The lowest BCUT2D eigenvalue weighted by atomic mass is 9.99. The Hall–Kier alpha value is -2.29. The summed E-state index contributed by atoms with van der Waals surface area (Å²) in [5.41, 5.74) is -2.38. The number of nitrogens with one attached hydrogen (secondary N) is 2. The van der Waals surface area contributed by atoms with Gasteiger partial charge in [-0.15, -0.1) is 0 Å². The van der Waals surface area contributed by atoms with Gasteiger partial charge in [-0.2, -0.15) is 0 Å². The molecule has 1 unspecified atom stereocenters. The SMILES string of the molecule is O=C(Nc1cc(F)cc(F)c1F)NC1(C(=O)O)CCOC1. The van der Waals surface area contributed by atoms with Crippen molar-refractivity contribution in [2.45, 2.75) is 12.0 Å². The van der Waals surface area contributed by atoms with Gasteiger partial charge in [0, 0.05) is 25.2 Å². The zero-order chi connectivity index (χ0) is 15.6. The number of carboxylic acid groups (broad SMARTS) is 1. The lowest BCUT2D eigenvalue weighted by Crippen LogP contribution is -2.56. The fourth-order valence-electron chi connectivity index (χ4n) is 1.90. The van der Waals surface area contributed by atoms with Gasteiger partial charge in [0.25, 0.3) is 0 Å². The molecule has 0 bridgehead atoms. The molecule has 1 aliphatic heterocycles. The summed E-state index contributed by atoms with van der Waals surface area (Å²) < 4.78 is 44.3. The van der Waals surface area contributed by atoms with E-state index in [0.29, 0.717) is 12.1 Å². The Morgan fingerprint density at radius 3 is 2.57 bits per heavy atom. The Morgan fingerprint density at radius 1 is 1.29 bits per heavy atom. The van der Waals surface area contributed by atoms with E-state index in [1.54, 1.807) is 0 Å². The molecule has 1 aromatic carbocycles. The molecule has 0 radical (unpaired) electrons. The van der Waals surface area contributed by atoms with Crippen molar-refractivity contribution in [2.24, 2.45) is 0 Å². The molecule has 2 amide bonds. The predicted octanol–water partition coefficient (Wildman–Crippen LogP) is 1.47. The number of ether oxygens (including phenoxy) is 1. The van der Waals surface area contributed by atoms with Crippen LogP contribution < -0.4 is 10.6 Å². The topological polar surface area (TPSA) is 87.7 Å². The molecule has 0 aliphatic carbocycles. The van der Waals surface area contributed by atoms with Crippen molar-refractivity contribution >= 4 is 17.7 Å². The zero-order valence-electron chi connectivity index (χ0n) is 10.6. The number of carbonyl (C=O) groups is 2. The largest absolute Gasteiger partial charge is 0.479 e. The van der Waals surface area contributed by atoms with Gasteiger partial charge in [-0.25, -0.2) is 22.8 Å². The Kier molecular flexibility index (Phi) is 4.03. The van der Waals surface area contributed by atoms with E-state index in [0.717, 1.165) is 0 Å². The van der Waals surface area contributed by atoms with Crippen LogP contribution in [-0.4, -0.2) is 35.9 Å². The number of amides is 2. The minimum absolute atomic E-state index is 0.0236. The quantitative estimate of drug-likeness (QED) is 0.738. The molecule has 21 heavy (non-hydrogen) atoms. The average molecular weight is 304 g/mol. The fourth-order valence-corrected chi connectivity index (χ4v) is 1.90. The van der Waals surface area contributed by atoms with E-state index in [4.69, 9.17) is 9.84 Å². The molecule has 0 saturated carbocycles. The lowest BCUT2D eigenvalue weighted by molar-refractivity contribution is -0.144. The Morgan fingerprint density at radius 2 is 2.00 bits per heavy atom. The molecule has 9 heteroatoms. The normalized spacial score (nSPS) is 21.1. The number of rotatable bonds is 3. The van der Waals surface area contributed by atoms with Crippen LogP contribution >= 0.6 is 0 Å². The maximum atomic E-state index is 13.4. The second-order valence-corrected chi connectivity index (χ2v) is 4.52. The highest BCUT2D eigenvalue weighted by Gasteiger charge is 2.44. The van der Waals surface area contributed by atoms with E-state index in [-0.39, 0.29) is 19.6 Å². The van der Waals surface area contributed by atoms with Crippen molar-refractivity contribution in [3.63, 3.8) is 0 Å². The highest BCUT2D eigenvalue weighted by Crippen LogP contribution is 2.21. The Bertz CT molecular complexity index is 588. The van der Waals surface area contributed by atoms with Crippen LogP contribution in [0.3, 0.4) is 0 Å². The number of carbonyl (C=O) groups excluding carboxylic acids is 1.